The number of rotatable bonds is 5. The van der Waals surface area contributed by atoms with Gasteiger partial charge in [-0.2, -0.15) is 0 Å². The Balaban J connectivity index is 3.07. The van der Waals surface area contributed by atoms with Crippen LogP contribution in [0, 0.1) is 6.92 Å². The van der Waals surface area contributed by atoms with E-state index in [2.05, 4.69) is 51.2 Å². The molecule has 0 aliphatic carbocycles. The number of benzene rings is 1. The smallest absolute Gasteiger partial charge is 0.122 e. The lowest BCUT2D eigenvalue weighted by Gasteiger charge is -2.30. The zero-order chi connectivity index (χ0) is 13.1. The van der Waals surface area contributed by atoms with Crippen molar-refractivity contribution in [3.8, 4) is 5.75 Å². The second kappa shape index (κ2) is 5.54. The molecule has 1 unspecified atom stereocenters. The van der Waals surface area contributed by atoms with Gasteiger partial charge in [-0.25, -0.2) is 0 Å². The van der Waals surface area contributed by atoms with E-state index in [1.165, 1.54) is 11.1 Å². The van der Waals surface area contributed by atoms with Crippen molar-refractivity contribution in [2.75, 3.05) is 14.2 Å². The van der Waals surface area contributed by atoms with Crippen LogP contribution in [0.4, 0.5) is 0 Å². The molecule has 0 spiro atoms. The van der Waals surface area contributed by atoms with Gasteiger partial charge in [0.2, 0.25) is 0 Å². The number of ether oxygens (including phenoxy) is 1. The van der Waals surface area contributed by atoms with E-state index in [9.17, 15) is 0 Å². The van der Waals surface area contributed by atoms with Crippen LogP contribution in [0.15, 0.2) is 18.2 Å². The molecule has 0 saturated heterocycles. The largest absolute Gasteiger partial charge is 0.496 e. The molecule has 1 aromatic rings. The minimum Gasteiger partial charge on any atom is -0.496 e. The van der Waals surface area contributed by atoms with Crippen molar-refractivity contribution in [3.63, 3.8) is 0 Å². The molecule has 0 aliphatic heterocycles. The molecule has 1 aromatic carbocycles. The monoisotopic (exact) mass is 235 g/mol. The van der Waals surface area contributed by atoms with Gasteiger partial charge in [0, 0.05) is 11.6 Å². The first-order valence-corrected chi connectivity index (χ1v) is 6.23. The normalized spacial score (nSPS) is 13.5. The first-order valence-electron chi connectivity index (χ1n) is 6.23. The van der Waals surface area contributed by atoms with Gasteiger partial charge in [-0.3, -0.25) is 0 Å². The van der Waals surface area contributed by atoms with Crippen molar-refractivity contribution in [2.45, 2.75) is 45.6 Å². The highest BCUT2D eigenvalue weighted by atomic mass is 16.5. The van der Waals surface area contributed by atoms with E-state index in [0.29, 0.717) is 6.04 Å². The Labute approximate surface area is 105 Å². The predicted octanol–water partition coefficient (Wildman–Crippen LogP) is 3.28. The number of hydrogen-bond acceptors (Lipinski definition) is 2. The van der Waals surface area contributed by atoms with Crippen LogP contribution in [0.1, 0.15) is 38.3 Å². The van der Waals surface area contributed by atoms with Crippen molar-refractivity contribution in [1.29, 1.82) is 0 Å². The fraction of sp³-hybridized carbons (Fsp3) is 0.600. The molecule has 1 N–H and O–H groups in total. The summed E-state index contributed by atoms with van der Waals surface area (Å²) in [5, 5.41) is 3.30. The summed E-state index contributed by atoms with van der Waals surface area (Å²) in [6, 6.07) is 6.90. The van der Waals surface area contributed by atoms with Gasteiger partial charge in [-0.1, -0.05) is 31.5 Å². The molecule has 0 heterocycles. The minimum absolute atomic E-state index is 0.111. The average Bonchev–Trinajstić information content (AvgIpc) is 2.28. The Kier molecular flexibility index (Phi) is 4.58. The van der Waals surface area contributed by atoms with Crippen LogP contribution in [0.2, 0.25) is 0 Å². The Morgan fingerprint density at radius 2 is 2.00 bits per heavy atom. The Morgan fingerprint density at radius 3 is 2.53 bits per heavy atom. The molecular formula is C15H25NO. The second-order valence-corrected chi connectivity index (χ2v) is 5.48. The molecule has 1 atom stereocenters. The van der Waals surface area contributed by atoms with Gasteiger partial charge < -0.3 is 10.1 Å². The maximum Gasteiger partial charge on any atom is 0.122 e. The highest BCUT2D eigenvalue weighted by Crippen LogP contribution is 2.35. The maximum absolute atomic E-state index is 5.48. The summed E-state index contributed by atoms with van der Waals surface area (Å²) >= 11 is 0. The molecule has 96 valence electrons. The summed E-state index contributed by atoms with van der Waals surface area (Å²) in [4.78, 5) is 0. The molecule has 17 heavy (non-hydrogen) atoms. The van der Waals surface area contributed by atoms with E-state index < -0.39 is 0 Å². The van der Waals surface area contributed by atoms with Crippen molar-refractivity contribution >= 4 is 0 Å². The van der Waals surface area contributed by atoms with Crippen LogP contribution in [0.5, 0.6) is 5.75 Å². The van der Waals surface area contributed by atoms with Gasteiger partial charge in [0.05, 0.1) is 7.11 Å². The van der Waals surface area contributed by atoms with Crippen LogP contribution < -0.4 is 10.1 Å². The summed E-state index contributed by atoms with van der Waals surface area (Å²) in [5.41, 5.74) is 2.69. The van der Waals surface area contributed by atoms with Crippen LogP contribution in [-0.4, -0.2) is 20.2 Å². The second-order valence-electron chi connectivity index (χ2n) is 5.48. The first kappa shape index (κ1) is 14.0. The van der Waals surface area contributed by atoms with Gasteiger partial charge in [0.25, 0.3) is 0 Å². The number of aryl methyl sites for hydroxylation is 1. The maximum atomic E-state index is 5.48. The molecule has 0 fully saturated rings. The zero-order valence-electron chi connectivity index (χ0n) is 11.9. The Hall–Kier alpha value is -1.02. The third-order valence-corrected chi connectivity index (χ3v) is 3.39. The number of hydrogen-bond donors (Lipinski definition) is 1. The summed E-state index contributed by atoms with van der Waals surface area (Å²) < 4.78 is 5.48. The summed E-state index contributed by atoms with van der Waals surface area (Å²) in [6.45, 7) is 8.89. The van der Waals surface area contributed by atoms with Gasteiger partial charge in [0.15, 0.2) is 0 Å². The van der Waals surface area contributed by atoms with Crippen LogP contribution in [0.25, 0.3) is 0 Å². The Morgan fingerprint density at radius 1 is 1.35 bits per heavy atom. The molecule has 0 bridgehead atoms. The van der Waals surface area contributed by atoms with Crippen LogP contribution in [-0.2, 0) is 5.41 Å². The fourth-order valence-electron chi connectivity index (χ4n) is 2.33. The van der Waals surface area contributed by atoms with E-state index >= 15 is 0 Å². The van der Waals surface area contributed by atoms with Crippen LogP contribution >= 0.6 is 0 Å². The topological polar surface area (TPSA) is 21.3 Å². The molecule has 2 heteroatoms. The van der Waals surface area contributed by atoms with Gasteiger partial charge >= 0.3 is 0 Å². The van der Waals surface area contributed by atoms with E-state index in [1.54, 1.807) is 7.11 Å². The SMILES string of the molecule is CNC(C)CC(C)(C)c1cc(C)ccc1OC. The molecule has 0 aliphatic rings. The lowest BCUT2D eigenvalue weighted by atomic mass is 9.78. The molecular weight excluding hydrogens is 210 g/mol. The standard InChI is InChI=1S/C15H25NO/c1-11-7-8-14(17-6)13(9-11)15(3,4)10-12(2)16-5/h7-9,12,16H,10H2,1-6H3. The number of methoxy groups -OCH3 is 1. The molecule has 2 nitrogen and oxygen atoms in total. The predicted molar refractivity (Wildman–Crippen MR) is 73.9 cm³/mol. The summed E-state index contributed by atoms with van der Waals surface area (Å²) in [5.74, 6) is 0.990. The van der Waals surface area contributed by atoms with Crippen molar-refractivity contribution in [1.82, 2.24) is 5.32 Å². The van der Waals surface area contributed by atoms with Crippen LogP contribution in [0.3, 0.4) is 0 Å². The van der Waals surface area contributed by atoms with Gasteiger partial charge in [-0.15, -0.1) is 0 Å². The fourth-order valence-corrected chi connectivity index (χ4v) is 2.33. The number of nitrogens with one attached hydrogen (secondary N) is 1. The molecule has 0 amide bonds. The highest BCUT2D eigenvalue weighted by Gasteiger charge is 2.26. The van der Waals surface area contributed by atoms with Gasteiger partial charge in [-0.05, 0) is 38.8 Å². The third kappa shape index (κ3) is 3.47. The summed E-state index contributed by atoms with van der Waals surface area (Å²) in [7, 11) is 3.75. The molecule has 1 rings (SSSR count). The van der Waals surface area contributed by atoms with E-state index in [1.807, 2.05) is 7.05 Å². The first-order chi connectivity index (χ1) is 7.90. The van der Waals surface area contributed by atoms with Gasteiger partial charge in [0.1, 0.15) is 5.75 Å². The molecule has 0 aromatic heterocycles. The lowest BCUT2D eigenvalue weighted by molar-refractivity contribution is 0.365. The quantitative estimate of drug-likeness (QED) is 0.845. The average molecular weight is 235 g/mol. The Bertz CT molecular complexity index is 371. The summed E-state index contributed by atoms with van der Waals surface area (Å²) in [6.07, 6.45) is 1.09. The van der Waals surface area contributed by atoms with E-state index in [-0.39, 0.29) is 5.41 Å². The molecule has 0 saturated carbocycles. The zero-order valence-corrected chi connectivity index (χ0v) is 11.9. The van der Waals surface area contributed by atoms with Crippen molar-refractivity contribution in [2.24, 2.45) is 0 Å². The highest BCUT2D eigenvalue weighted by molar-refractivity contribution is 5.41. The molecule has 0 radical (unpaired) electrons. The van der Waals surface area contributed by atoms with E-state index in [0.717, 1.165) is 12.2 Å². The van der Waals surface area contributed by atoms with Crippen molar-refractivity contribution < 1.29 is 4.74 Å². The van der Waals surface area contributed by atoms with E-state index in [4.69, 9.17) is 4.74 Å². The van der Waals surface area contributed by atoms with Crippen molar-refractivity contribution in [3.05, 3.63) is 29.3 Å². The lowest BCUT2D eigenvalue weighted by Crippen LogP contribution is -2.31. The third-order valence-electron chi connectivity index (χ3n) is 3.39. The minimum atomic E-state index is 0.111.